The molecule has 0 aromatic heterocycles. The van der Waals surface area contributed by atoms with E-state index in [1.165, 1.54) is 18.4 Å². The zero-order chi connectivity index (χ0) is 14.6. The number of rotatable bonds is 5. The second-order valence-corrected chi connectivity index (χ2v) is 5.93. The topological polar surface area (TPSA) is 41.1 Å². The van der Waals surface area contributed by atoms with E-state index < -0.39 is 0 Å². The van der Waals surface area contributed by atoms with E-state index in [-0.39, 0.29) is 11.3 Å². The van der Waals surface area contributed by atoms with Crippen LogP contribution in [-0.2, 0) is 4.79 Å². The summed E-state index contributed by atoms with van der Waals surface area (Å²) in [4.78, 5) is 12.6. The summed E-state index contributed by atoms with van der Waals surface area (Å²) in [6.45, 7) is 4.25. The molecule has 0 heterocycles. The van der Waals surface area contributed by atoms with Crippen molar-refractivity contribution in [2.45, 2.75) is 52.0 Å². The summed E-state index contributed by atoms with van der Waals surface area (Å²) in [6.07, 6.45) is 5.35. The van der Waals surface area contributed by atoms with Crippen molar-refractivity contribution in [1.82, 2.24) is 5.32 Å². The lowest BCUT2D eigenvalue weighted by molar-refractivity contribution is -0.125. The molecule has 1 aromatic carbocycles. The Labute approximate surface area is 122 Å². The fourth-order valence-electron chi connectivity index (χ4n) is 3.11. The zero-order valence-corrected chi connectivity index (χ0v) is 12.8. The molecule has 2 rings (SSSR count). The van der Waals surface area contributed by atoms with Gasteiger partial charge in [-0.3, -0.25) is 4.79 Å². The number of carbonyl (C=O) groups is 1. The average molecular weight is 274 g/mol. The summed E-state index contributed by atoms with van der Waals surface area (Å²) in [5.41, 5.74) is 1.97. The van der Waals surface area contributed by atoms with Gasteiger partial charge < -0.3 is 10.6 Å². The summed E-state index contributed by atoms with van der Waals surface area (Å²) >= 11 is 0. The third-order valence-corrected chi connectivity index (χ3v) is 4.80. The Hall–Kier alpha value is -1.35. The van der Waals surface area contributed by atoms with E-state index in [9.17, 15) is 4.79 Å². The number of hydrogen-bond acceptors (Lipinski definition) is 2. The van der Waals surface area contributed by atoms with E-state index in [1.54, 1.807) is 0 Å². The summed E-state index contributed by atoms with van der Waals surface area (Å²) < 4.78 is 0. The first-order valence-corrected chi connectivity index (χ1v) is 7.70. The minimum atomic E-state index is -0.134. The fourth-order valence-corrected chi connectivity index (χ4v) is 3.11. The lowest BCUT2D eigenvalue weighted by Crippen LogP contribution is -2.33. The predicted molar refractivity (Wildman–Crippen MR) is 83.7 cm³/mol. The van der Waals surface area contributed by atoms with Gasteiger partial charge in [-0.25, -0.2) is 0 Å². The van der Waals surface area contributed by atoms with Crippen molar-refractivity contribution >= 4 is 11.6 Å². The van der Waals surface area contributed by atoms with Gasteiger partial charge in [-0.15, -0.1) is 0 Å². The van der Waals surface area contributed by atoms with E-state index in [0.29, 0.717) is 6.04 Å². The van der Waals surface area contributed by atoms with Crippen molar-refractivity contribution in [3.8, 4) is 0 Å². The molecular weight excluding hydrogens is 248 g/mol. The molecule has 1 unspecified atom stereocenters. The Bertz CT molecular complexity index is 464. The fraction of sp³-hybridized carbons (Fsp3) is 0.588. The van der Waals surface area contributed by atoms with Gasteiger partial charge in [0.1, 0.15) is 0 Å². The molecule has 0 saturated heterocycles. The van der Waals surface area contributed by atoms with E-state index >= 15 is 0 Å². The molecule has 1 aromatic rings. The Morgan fingerprint density at radius 2 is 2.05 bits per heavy atom. The lowest BCUT2D eigenvalue weighted by atomic mass is 9.82. The third kappa shape index (κ3) is 3.04. The van der Waals surface area contributed by atoms with Gasteiger partial charge in [0.05, 0.1) is 0 Å². The van der Waals surface area contributed by atoms with Crippen LogP contribution in [0.5, 0.6) is 0 Å². The van der Waals surface area contributed by atoms with Crippen LogP contribution in [0.1, 0.15) is 57.6 Å². The van der Waals surface area contributed by atoms with Crippen LogP contribution >= 0.6 is 0 Å². The molecule has 1 aliphatic carbocycles. The molecule has 20 heavy (non-hydrogen) atoms. The third-order valence-electron chi connectivity index (χ3n) is 4.80. The first kappa shape index (κ1) is 15.0. The molecule has 1 saturated carbocycles. The summed E-state index contributed by atoms with van der Waals surface area (Å²) in [5, 5.41) is 6.35. The molecule has 1 amide bonds. The number of amides is 1. The number of benzene rings is 1. The highest BCUT2D eigenvalue weighted by molar-refractivity contribution is 5.95. The highest BCUT2D eigenvalue weighted by Crippen LogP contribution is 2.41. The quantitative estimate of drug-likeness (QED) is 0.855. The minimum absolute atomic E-state index is 0.134. The number of nitrogens with one attached hydrogen (secondary N) is 2. The zero-order valence-electron chi connectivity index (χ0n) is 12.8. The molecule has 3 heteroatoms. The molecule has 0 spiro atoms. The molecule has 0 aliphatic heterocycles. The van der Waals surface area contributed by atoms with Crippen LogP contribution in [0.4, 0.5) is 5.69 Å². The van der Waals surface area contributed by atoms with E-state index in [4.69, 9.17) is 0 Å². The molecule has 0 radical (unpaired) electrons. The van der Waals surface area contributed by atoms with Gasteiger partial charge in [-0.2, -0.15) is 0 Å². The maximum atomic E-state index is 12.6. The summed E-state index contributed by atoms with van der Waals surface area (Å²) in [5.74, 6) is 0.201. The highest BCUT2D eigenvalue weighted by atomic mass is 16.2. The maximum Gasteiger partial charge on any atom is 0.230 e. The van der Waals surface area contributed by atoms with Crippen molar-refractivity contribution in [3.05, 3.63) is 29.8 Å². The second-order valence-electron chi connectivity index (χ2n) is 5.93. The minimum Gasteiger partial charge on any atom is -0.326 e. The van der Waals surface area contributed by atoms with Crippen LogP contribution in [-0.4, -0.2) is 13.0 Å². The molecular formula is C17H26N2O. The molecule has 0 bridgehead atoms. The largest absolute Gasteiger partial charge is 0.326 e. The van der Waals surface area contributed by atoms with Crippen LogP contribution < -0.4 is 10.6 Å². The number of anilines is 1. The molecule has 2 N–H and O–H groups in total. The maximum absolute atomic E-state index is 12.6. The summed E-state index contributed by atoms with van der Waals surface area (Å²) in [6, 6.07) is 8.42. The van der Waals surface area contributed by atoms with Gasteiger partial charge in [-0.1, -0.05) is 31.9 Å². The molecule has 1 aliphatic rings. The SMILES string of the molecule is CCC1(C(=O)Nc2cccc(C(C)NC)c2)CCCC1. The van der Waals surface area contributed by atoms with Crippen molar-refractivity contribution in [1.29, 1.82) is 0 Å². The molecule has 3 nitrogen and oxygen atoms in total. The van der Waals surface area contributed by atoms with Gasteiger partial charge in [0.25, 0.3) is 0 Å². The standard InChI is InChI=1S/C17H26N2O/c1-4-17(10-5-6-11-17)16(20)19-15-9-7-8-14(12-15)13(2)18-3/h7-9,12-13,18H,4-6,10-11H2,1-3H3,(H,19,20). The number of hydrogen-bond donors (Lipinski definition) is 2. The first-order chi connectivity index (χ1) is 9.61. The van der Waals surface area contributed by atoms with Gasteiger partial charge in [0.2, 0.25) is 5.91 Å². The van der Waals surface area contributed by atoms with Crippen molar-refractivity contribution in [3.63, 3.8) is 0 Å². The monoisotopic (exact) mass is 274 g/mol. The van der Waals surface area contributed by atoms with E-state index in [0.717, 1.165) is 24.9 Å². The Morgan fingerprint density at radius 1 is 1.35 bits per heavy atom. The van der Waals surface area contributed by atoms with Gasteiger partial charge in [-0.05, 0) is 50.9 Å². The van der Waals surface area contributed by atoms with Crippen LogP contribution in [0.2, 0.25) is 0 Å². The normalized spacial score (nSPS) is 18.8. The van der Waals surface area contributed by atoms with Crippen LogP contribution in [0.3, 0.4) is 0 Å². The Kier molecular flexibility index (Phi) is 4.81. The van der Waals surface area contributed by atoms with E-state index in [1.807, 2.05) is 19.2 Å². The predicted octanol–water partition coefficient (Wildman–Crippen LogP) is 3.88. The Balaban J connectivity index is 2.11. The highest BCUT2D eigenvalue weighted by Gasteiger charge is 2.39. The van der Waals surface area contributed by atoms with Gasteiger partial charge in [0.15, 0.2) is 0 Å². The van der Waals surface area contributed by atoms with Crippen LogP contribution in [0.15, 0.2) is 24.3 Å². The molecule has 1 atom stereocenters. The summed E-state index contributed by atoms with van der Waals surface area (Å²) in [7, 11) is 1.94. The average Bonchev–Trinajstić information content (AvgIpc) is 2.97. The van der Waals surface area contributed by atoms with Gasteiger partial charge in [0, 0.05) is 17.1 Å². The smallest absolute Gasteiger partial charge is 0.230 e. The van der Waals surface area contributed by atoms with Gasteiger partial charge >= 0.3 is 0 Å². The number of carbonyl (C=O) groups excluding carboxylic acids is 1. The van der Waals surface area contributed by atoms with Crippen molar-refractivity contribution in [2.24, 2.45) is 5.41 Å². The first-order valence-electron chi connectivity index (χ1n) is 7.70. The van der Waals surface area contributed by atoms with Crippen LogP contribution in [0, 0.1) is 5.41 Å². The lowest BCUT2D eigenvalue weighted by Gasteiger charge is -2.26. The van der Waals surface area contributed by atoms with Crippen LogP contribution in [0.25, 0.3) is 0 Å². The van der Waals surface area contributed by atoms with Crippen molar-refractivity contribution < 1.29 is 4.79 Å². The molecule has 1 fully saturated rings. The van der Waals surface area contributed by atoms with Crippen molar-refractivity contribution in [2.75, 3.05) is 12.4 Å². The van der Waals surface area contributed by atoms with E-state index in [2.05, 4.69) is 36.6 Å². The molecule has 110 valence electrons. The Morgan fingerprint density at radius 3 is 2.65 bits per heavy atom. The second kappa shape index (κ2) is 6.40.